The van der Waals surface area contributed by atoms with Crippen molar-refractivity contribution < 1.29 is 9.59 Å². The standard InChI is InChI=1S/C18H24N4O2/c1-14(23)22(12-6-11-21(2)3)13-17(24)20-16-9-4-7-15-8-5-10-19-18(15)16/h4-5,7-10H,6,11-13H2,1-3H3,(H,20,24). The Labute approximate surface area is 142 Å². The van der Waals surface area contributed by atoms with E-state index in [0.717, 1.165) is 23.9 Å². The first kappa shape index (κ1) is 17.9. The number of carbonyl (C=O) groups excluding carboxylic acids is 2. The van der Waals surface area contributed by atoms with Crippen LogP contribution in [0, 0.1) is 0 Å². The van der Waals surface area contributed by atoms with Gasteiger partial charge >= 0.3 is 0 Å². The second kappa shape index (κ2) is 8.40. The molecule has 0 aliphatic carbocycles. The Morgan fingerprint density at radius 1 is 1.12 bits per heavy atom. The van der Waals surface area contributed by atoms with E-state index >= 15 is 0 Å². The molecule has 2 amide bonds. The third-order valence-corrected chi connectivity index (χ3v) is 3.72. The number of rotatable bonds is 7. The van der Waals surface area contributed by atoms with Crippen LogP contribution in [0.15, 0.2) is 36.5 Å². The molecule has 1 heterocycles. The number of pyridine rings is 1. The van der Waals surface area contributed by atoms with Crippen LogP contribution in [-0.4, -0.2) is 60.3 Å². The lowest BCUT2D eigenvalue weighted by atomic mass is 10.2. The fraction of sp³-hybridized carbons (Fsp3) is 0.389. The predicted octanol–water partition coefficient (Wildman–Crippen LogP) is 1.97. The maximum absolute atomic E-state index is 12.3. The van der Waals surface area contributed by atoms with Crippen LogP contribution in [0.25, 0.3) is 10.9 Å². The predicted molar refractivity (Wildman–Crippen MR) is 95.8 cm³/mol. The molecular weight excluding hydrogens is 304 g/mol. The summed E-state index contributed by atoms with van der Waals surface area (Å²) in [6.45, 7) is 2.97. The SMILES string of the molecule is CC(=O)N(CCCN(C)C)CC(=O)Nc1cccc2cccnc12. The molecule has 0 aliphatic heterocycles. The van der Waals surface area contributed by atoms with E-state index in [-0.39, 0.29) is 18.4 Å². The molecule has 0 saturated heterocycles. The van der Waals surface area contributed by atoms with Gasteiger partial charge in [-0.25, -0.2) is 0 Å². The summed E-state index contributed by atoms with van der Waals surface area (Å²) in [7, 11) is 3.97. The second-order valence-electron chi connectivity index (χ2n) is 6.03. The summed E-state index contributed by atoms with van der Waals surface area (Å²) in [4.78, 5) is 32.0. The number of hydrogen-bond acceptors (Lipinski definition) is 4. The monoisotopic (exact) mass is 328 g/mol. The molecule has 0 unspecified atom stereocenters. The molecule has 0 radical (unpaired) electrons. The van der Waals surface area contributed by atoms with E-state index in [4.69, 9.17) is 0 Å². The van der Waals surface area contributed by atoms with Crippen molar-refractivity contribution in [3.63, 3.8) is 0 Å². The van der Waals surface area contributed by atoms with E-state index in [1.807, 2.05) is 44.4 Å². The molecule has 0 aliphatic rings. The van der Waals surface area contributed by atoms with Gasteiger partial charge in [0.05, 0.1) is 17.7 Å². The molecule has 1 N–H and O–H groups in total. The van der Waals surface area contributed by atoms with Gasteiger partial charge < -0.3 is 15.1 Å². The van der Waals surface area contributed by atoms with Gasteiger partial charge in [0.1, 0.15) is 0 Å². The first-order valence-corrected chi connectivity index (χ1v) is 8.01. The number of benzene rings is 1. The lowest BCUT2D eigenvalue weighted by molar-refractivity contribution is -0.132. The number of aromatic nitrogens is 1. The van der Waals surface area contributed by atoms with Crippen molar-refractivity contribution in [2.75, 3.05) is 39.0 Å². The van der Waals surface area contributed by atoms with Gasteiger partial charge in [-0.05, 0) is 39.2 Å². The van der Waals surface area contributed by atoms with Crippen LogP contribution in [0.2, 0.25) is 0 Å². The van der Waals surface area contributed by atoms with Crippen molar-refractivity contribution in [2.24, 2.45) is 0 Å². The van der Waals surface area contributed by atoms with Crippen LogP contribution >= 0.6 is 0 Å². The highest BCUT2D eigenvalue weighted by Crippen LogP contribution is 2.20. The number of carbonyl (C=O) groups is 2. The average Bonchev–Trinajstić information content (AvgIpc) is 2.54. The molecule has 0 spiro atoms. The summed E-state index contributed by atoms with van der Waals surface area (Å²) in [5.74, 6) is -0.312. The summed E-state index contributed by atoms with van der Waals surface area (Å²) >= 11 is 0. The smallest absolute Gasteiger partial charge is 0.244 e. The number of anilines is 1. The topological polar surface area (TPSA) is 65.5 Å². The highest BCUT2D eigenvalue weighted by molar-refractivity contribution is 6.01. The van der Waals surface area contributed by atoms with E-state index in [0.29, 0.717) is 12.2 Å². The average molecular weight is 328 g/mol. The highest BCUT2D eigenvalue weighted by Gasteiger charge is 2.14. The molecule has 1 aromatic heterocycles. The number of nitrogens with zero attached hydrogens (tertiary/aromatic N) is 3. The zero-order chi connectivity index (χ0) is 17.5. The third kappa shape index (κ3) is 5.03. The number of nitrogens with one attached hydrogen (secondary N) is 1. The molecule has 0 atom stereocenters. The van der Waals surface area contributed by atoms with Crippen LogP contribution in [0.5, 0.6) is 0 Å². The maximum Gasteiger partial charge on any atom is 0.244 e. The molecule has 2 rings (SSSR count). The van der Waals surface area contributed by atoms with Crippen LogP contribution in [0.3, 0.4) is 0 Å². The fourth-order valence-corrected chi connectivity index (χ4v) is 2.49. The molecule has 0 saturated carbocycles. The molecule has 0 bridgehead atoms. The zero-order valence-electron chi connectivity index (χ0n) is 14.5. The lowest BCUT2D eigenvalue weighted by Gasteiger charge is -2.21. The first-order chi connectivity index (χ1) is 11.5. The molecule has 6 heteroatoms. The minimum Gasteiger partial charge on any atom is -0.334 e. The van der Waals surface area contributed by atoms with Crippen molar-refractivity contribution >= 4 is 28.4 Å². The number of hydrogen-bond donors (Lipinski definition) is 1. The van der Waals surface area contributed by atoms with Crippen LogP contribution < -0.4 is 5.32 Å². The van der Waals surface area contributed by atoms with E-state index in [1.165, 1.54) is 6.92 Å². The maximum atomic E-state index is 12.3. The van der Waals surface area contributed by atoms with Gasteiger partial charge in [-0.1, -0.05) is 18.2 Å². The summed E-state index contributed by atoms with van der Waals surface area (Å²) in [6.07, 6.45) is 2.52. The van der Waals surface area contributed by atoms with Crippen molar-refractivity contribution in [1.29, 1.82) is 0 Å². The minimum atomic E-state index is -0.215. The third-order valence-electron chi connectivity index (χ3n) is 3.72. The summed E-state index contributed by atoms with van der Waals surface area (Å²) in [5.41, 5.74) is 1.41. The quantitative estimate of drug-likeness (QED) is 0.844. The molecule has 1 aromatic carbocycles. The lowest BCUT2D eigenvalue weighted by Crippen LogP contribution is -2.38. The Kier molecular flexibility index (Phi) is 6.26. The van der Waals surface area contributed by atoms with E-state index in [1.54, 1.807) is 11.1 Å². The van der Waals surface area contributed by atoms with E-state index in [2.05, 4.69) is 15.2 Å². The Bertz CT molecular complexity index is 710. The van der Waals surface area contributed by atoms with E-state index < -0.39 is 0 Å². The van der Waals surface area contributed by atoms with Gasteiger partial charge in [-0.3, -0.25) is 14.6 Å². The largest absolute Gasteiger partial charge is 0.334 e. The minimum absolute atomic E-state index is 0.0476. The molecule has 6 nitrogen and oxygen atoms in total. The Hall–Kier alpha value is -2.47. The van der Waals surface area contributed by atoms with Gasteiger partial charge in [0.25, 0.3) is 0 Å². The van der Waals surface area contributed by atoms with Crippen molar-refractivity contribution in [2.45, 2.75) is 13.3 Å². The summed E-state index contributed by atoms with van der Waals surface area (Å²) < 4.78 is 0. The molecule has 128 valence electrons. The Morgan fingerprint density at radius 3 is 2.58 bits per heavy atom. The number of fused-ring (bicyclic) bond motifs is 1. The Morgan fingerprint density at radius 2 is 1.88 bits per heavy atom. The van der Waals surface area contributed by atoms with Crippen molar-refractivity contribution in [1.82, 2.24) is 14.8 Å². The van der Waals surface area contributed by atoms with Crippen molar-refractivity contribution in [3.8, 4) is 0 Å². The molecule has 2 aromatic rings. The van der Waals surface area contributed by atoms with Crippen molar-refractivity contribution in [3.05, 3.63) is 36.5 Å². The summed E-state index contributed by atoms with van der Waals surface area (Å²) in [5, 5.41) is 3.83. The van der Waals surface area contributed by atoms with Crippen LogP contribution in [-0.2, 0) is 9.59 Å². The number of amides is 2. The Balaban J connectivity index is 2.01. The summed E-state index contributed by atoms with van der Waals surface area (Å²) in [6, 6.07) is 9.44. The number of para-hydroxylation sites is 1. The fourth-order valence-electron chi connectivity index (χ4n) is 2.49. The van der Waals surface area contributed by atoms with Gasteiger partial charge in [0, 0.05) is 25.1 Å². The van der Waals surface area contributed by atoms with Gasteiger partial charge in [0.15, 0.2) is 0 Å². The molecular formula is C18H24N4O2. The zero-order valence-corrected chi connectivity index (χ0v) is 14.5. The van der Waals surface area contributed by atoms with Gasteiger partial charge in [0.2, 0.25) is 11.8 Å². The van der Waals surface area contributed by atoms with Gasteiger partial charge in [-0.15, -0.1) is 0 Å². The normalized spacial score (nSPS) is 10.8. The van der Waals surface area contributed by atoms with E-state index in [9.17, 15) is 9.59 Å². The second-order valence-corrected chi connectivity index (χ2v) is 6.03. The highest BCUT2D eigenvalue weighted by atomic mass is 16.2. The van der Waals surface area contributed by atoms with Gasteiger partial charge in [-0.2, -0.15) is 0 Å². The van der Waals surface area contributed by atoms with Crippen LogP contribution in [0.4, 0.5) is 5.69 Å². The molecule has 0 fully saturated rings. The molecule has 24 heavy (non-hydrogen) atoms. The van der Waals surface area contributed by atoms with Crippen LogP contribution in [0.1, 0.15) is 13.3 Å². The first-order valence-electron chi connectivity index (χ1n) is 8.01.